The Morgan fingerprint density at radius 1 is 1.00 bits per heavy atom. The molecule has 1 heterocycles. The molecule has 12 heteroatoms. The van der Waals surface area contributed by atoms with E-state index >= 15 is 0 Å². The summed E-state index contributed by atoms with van der Waals surface area (Å²) in [6, 6.07) is 10.9. The molecule has 2 fully saturated rings. The molecular weight excluding hydrogens is 520 g/mol. The number of amides is 3. The number of nitrogens with one attached hydrogen (secondary N) is 1. The Morgan fingerprint density at radius 2 is 1.60 bits per heavy atom. The molecule has 0 spiro atoms. The number of benzene rings is 2. The second-order valence-electron chi connectivity index (χ2n) is 10.0. The lowest BCUT2D eigenvalue weighted by Gasteiger charge is -2.34. The quantitative estimate of drug-likeness (QED) is 0.355. The molecular formula is C28H32N4O8. The maximum atomic E-state index is 13.8. The summed E-state index contributed by atoms with van der Waals surface area (Å²) in [7, 11) is 1.46. The third-order valence-electron chi connectivity index (χ3n) is 7.49. The van der Waals surface area contributed by atoms with Gasteiger partial charge in [-0.25, -0.2) is 0 Å². The van der Waals surface area contributed by atoms with E-state index in [-0.39, 0.29) is 42.2 Å². The zero-order chi connectivity index (χ0) is 28.8. The molecule has 2 aromatic rings. The van der Waals surface area contributed by atoms with Crippen LogP contribution in [0.1, 0.15) is 59.2 Å². The van der Waals surface area contributed by atoms with E-state index in [1.807, 2.05) is 0 Å². The molecule has 0 aromatic heterocycles. The zero-order valence-corrected chi connectivity index (χ0v) is 22.2. The molecule has 212 valence electrons. The molecule has 2 atom stereocenters. The Hall–Kier alpha value is -4.48. The Kier molecular flexibility index (Phi) is 8.97. The summed E-state index contributed by atoms with van der Waals surface area (Å²) in [4.78, 5) is 65.8. The van der Waals surface area contributed by atoms with Gasteiger partial charge in [-0.15, -0.1) is 0 Å². The van der Waals surface area contributed by atoms with Crippen molar-refractivity contribution < 1.29 is 33.9 Å². The SMILES string of the molecule is COc1cccc(C(=O)N2CCN(C(=O)c3cccc([N+](=O)[O-])c3)C2C(=O)NC(CC(=O)O)C2CCCCC2)c1. The smallest absolute Gasteiger partial charge is 0.305 e. The van der Waals surface area contributed by atoms with Crippen LogP contribution in [0.5, 0.6) is 5.75 Å². The van der Waals surface area contributed by atoms with Crippen LogP contribution in [0, 0.1) is 16.0 Å². The summed E-state index contributed by atoms with van der Waals surface area (Å²) >= 11 is 0. The van der Waals surface area contributed by atoms with Crippen LogP contribution in [-0.2, 0) is 9.59 Å². The number of carbonyl (C=O) groups excluding carboxylic acids is 3. The second kappa shape index (κ2) is 12.6. The van der Waals surface area contributed by atoms with Crippen molar-refractivity contribution in [2.75, 3.05) is 20.2 Å². The van der Waals surface area contributed by atoms with Crippen molar-refractivity contribution in [2.45, 2.75) is 50.7 Å². The number of carboxylic acids is 1. The summed E-state index contributed by atoms with van der Waals surface area (Å²) in [5, 5.41) is 23.7. The monoisotopic (exact) mass is 552 g/mol. The molecule has 40 heavy (non-hydrogen) atoms. The van der Waals surface area contributed by atoms with E-state index in [9.17, 15) is 34.4 Å². The number of methoxy groups -OCH3 is 1. The van der Waals surface area contributed by atoms with Gasteiger partial charge < -0.3 is 25.0 Å². The summed E-state index contributed by atoms with van der Waals surface area (Å²) in [6.45, 7) is 0.0319. The Balaban J connectivity index is 1.67. The standard InChI is InChI=1S/C28H32N4O8/c1-40-22-12-6-10-20(16-22)28(37)31-14-13-30(27(36)19-9-5-11-21(15-19)32(38)39)26(31)25(35)29-23(17-24(33)34)18-7-3-2-4-8-18/h5-6,9-12,15-16,18,23,26H,2-4,7-8,13-14,17H2,1H3,(H,29,35)(H,33,34). The van der Waals surface area contributed by atoms with E-state index in [0.717, 1.165) is 38.2 Å². The highest BCUT2D eigenvalue weighted by molar-refractivity contribution is 6.02. The molecule has 3 amide bonds. The van der Waals surface area contributed by atoms with Crippen molar-refractivity contribution in [2.24, 2.45) is 5.92 Å². The van der Waals surface area contributed by atoms with Gasteiger partial charge in [0, 0.05) is 42.4 Å². The molecule has 1 saturated carbocycles. The van der Waals surface area contributed by atoms with Crippen LogP contribution < -0.4 is 10.1 Å². The Labute approximate surface area is 231 Å². The fourth-order valence-electron chi connectivity index (χ4n) is 5.49. The Morgan fingerprint density at radius 3 is 2.17 bits per heavy atom. The zero-order valence-electron chi connectivity index (χ0n) is 22.2. The van der Waals surface area contributed by atoms with E-state index in [1.54, 1.807) is 18.2 Å². The first-order chi connectivity index (χ1) is 19.2. The molecule has 2 aromatic carbocycles. The van der Waals surface area contributed by atoms with Gasteiger partial charge in [0.1, 0.15) is 5.75 Å². The molecule has 0 radical (unpaired) electrons. The number of aliphatic carboxylic acids is 1. The van der Waals surface area contributed by atoms with E-state index in [1.165, 1.54) is 41.2 Å². The lowest BCUT2D eigenvalue weighted by Crippen LogP contribution is -2.57. The number of carbonyl (C=O) groups is 4. The highest BCUT2D eigenvalue weighted by atomic mass is 16.6. The maximum Gasteiger partial charge on any atom is 0.305 e. The minimum absolute atomic E-state index is 0.00233. The van der Waals surface area contributed by atoms with Crippen LogP contribution in [0.4, 0.5) is 5.69 Å². The van der Waals surface area contributed by atoms with Crippen molar-refractivity contribution in [3.05, 3.63) is 69.8 Å². The molecule has 2 aliphatic rings. The van der Waals surface area contributed by atoms with Gasteiger partial charge >= 0.3 is 5.97 Å². The van der Waals surface area contributed by atoms with Crippen LogP contribution in [0.3, 0.4) is 0 Å². The normalized spacial score (nSPS) is 18.2. The van der Waals surface area contributed by atoms with Gasteiger partial charge in [-0.3, -0.25) is 29.3 Å². The van der Waals surface area contributed by atoms with Gasteiger partial charge in [-0.2, -0.15) is 0 Å². The van der Waals surface area contributed by atoms with Gasteiger partial charge in [-0.1, -0.05) is 31.4 Å². The van der Waals surface area contributed by atoms with Crippen LogP contribution in [0.25, 0.3) is 0 Å². The van der Waals surface area contributed by atoms with E-state index in [2.05, 4.69) is 5.32 Å². The number of nitrogens with zero attached hydrogens (tertiary/aromatic N) is 3. The van der Waals surface area contributed by atoms with Gasteiger partial charge in [-0.05, 0) is 43.0 Å². The van der Waals surface area contributed by atoms with Crippen LogP contribution >= 0.6 is 0 Å². The predicted molar refractivity (Wildman–Crippen MR) is 143 cm³/mol. The van der Waals surface area contributed by atoms with Gasteiger partial charge in [0.05, 0.1) is 18.5 Å². The summed E-state index contributed by atoms with van der Waals surface area (Å²) in [5.74, 6) is -2.51. The molecule has 1 aliphatic carbocycles. The third-order valence-corrected chi connectivity index (χ3v) is 7.49. The largest absolute Gasteiger partial charge is 0.497 e. The summed E-state index contributed by atoms with van der Waals surface area (Å²) < 4.78 is 5.22. The first-order valence-corrected chi connectivity index (χ1v) is 13.2. The van der Waals surface area contributed by atoms with E-state index in [0.29, 0.717) is 5.75 Å². The minimum Gasteiger partial charge on any atom is -0.497 e. The highest BCUT2D eigenvalue weighted by Gasteiger charge is 2.44. The molecule has 0 bridgehead atoms. The van der Waals surface area contributed by atoms with E-state index < -0.39 is 40.8 Å². The number of nitro benzene ring substituents is 1. The predicted octanol–water partition coefficient (Wildman–Crippen LogP) is 3.07. The molecule has 12 nitrogen and oxygen atoms in total. The van der Waals surface area contributed by atoms with E-state index in [4.69, 9.17) is 4.74 Å². The number of nitro groups is 1. The maximum absolute atomic E-state index is 13.8. The lowest BCUT2D eigenvalue weighted by molar-refractivity contribution is -0.384. The van der Waals surface area contributed by atoms with Crippen molar-refractivity contribution >= 4 is 29.4 Å². The topological polar surface area (TPSA) is 159 Å². The molecule has 1 aliphatic heterocycles. The average molecular weight is 553 g/mol. The van der Waals surface area contributed by atoms with Crippen molar-refractivity contribution in [3.63, 3.8) is 0 Å². The number of carboxylic acid groups (broad SMARTS) is 1. The minimum atomic E-state index is -1.38. The number of non-ortho nitro benzene ring substituents is 1. The molecule has 1 saturated heterocycles. The Bertz CT molecular complexity index is 1290. The van der Waals surface area contributed by atoms with Gasteiger partial charge in [0.25, 0.3) is 23.4 Å². The number of hydrogen-bond donors (Lipinski definition) is 2. The van der Waals surface area contributed by atoms with Crippen LogP contribution in [-0.4, -0.2) is 75.9 Å². The lowest BCUT2D eigenvalue weighted by atomic mass is 9.82. The average Bonchev–Trinajstić information content (AvgIpc) is 3.41. The fourth-order valence-corrected chi connectivity index (χ4v) is 5.49. The summed E-state index contributed by atoms with van der Waals surface area (Å²) in [5.41, 5.74) is -0.0395. The molecule has 2 N–H and O–H groups in total. The first kappa shape index (κ1) is 28.5. The molecule has 4 rings (SSSR count). The third kappa shape index (κ3) is 6.38. The van der Waals surface area contributed by atoms with Crippen molar-refractivity contribution in [1.29, 1.82) is 0 Å². The van der Waals surface area contributed by atoms with Crippen molar-refractivity contribution in [3.8, 4) is 5.75 Å². The molecule has 2 unspecified atom stereocenters. The number of rotatable bonds is 9. The van der Waals surface area contributed by atoms with Crippen LogP contribution in [0.15, 0.2) is 48.5 Å². The number of ether oxygens (including phenoxy) is 1. The van der Waals surface area contributed by atoms with Gasteiger partial charge in [0.15, 0.2) is 6.17 Å². The highest BCUT2D eigenvalue weighted by Crippen LogP contribution is 2.29. The van der Waals surface area contributed by atoms with Gasteiger partial charge in [0.2, 0.25) is 0 Å². The second-order valence-corrected chi connectivity index (χ2v) is 10.0. The number of hydrogen-bond acceptors (Lipinski definition) is 7. The first-order valence-electron chi connectivity index (χ1n) is 13.2. The van der Waals surface area contributed by atoms with Crippen molar-refractivity contribution in [1.82, 2.24) is 15.1 Å². The fraction of sp³-hybridized carbons (Fsp3) is 0.429. The summed E-state index contributed by atoms with van der Waals surface area (Å²) in [6.07, 6.45) is 2.77. The van der Waals surface area contributed by atoms with Crippen LogP contribution in [0.2, 0.25) is 0 Å².